The maximum Gasteiger partial charge on any atom is 0.105 e. The second-order valence-electron chi connectivity index (χ2n) is 4.59. The summed E-state index contributed by atoms with van der Waals surface area (Å²) >= 11 is 3.71. The Labute approximate surface area is 121 Å². The van der Waals surface area contributed by atoms with Gasteiger partial charge in [0.2, 0.25) is 0 Å². The van der Waals surface area contributed by atoms with E-state index in [1.165, 1.54) is 14.3 Å². The molecule has 1 unspecified atom stereocenters. The van der Waals surface area contributed by atoms with E-state index in [1.807, 2.05) is 28.7 Å². The maximum absolute atomic E-state index is 5.49. The molecule has 0 fully saturated rings. The fourth-order valence-electron chi connectivity index (χ4n) is 2.18. The van der Waals surface area contributed by atoms with Crippen LogP contribution in [0.3, 0.4) is 0 Å². The summed E-state index contributed by atoms with van der Waals surface area (Å²) in [6.45, 7) is 3.24. The van der Waals surface area contributed by atoms with E-state index >= 15 is 0 Å². The first-order chi connectivity index (χ1) is 9.36. The molecule has 0 bridgehead atoms. The van der Waals surface area contributed by atoms with E-state index in [1.54, 1.807) is 6.26 Å². The molecular weight excluding hydrogens is 274 g/mol. The number of rotatable bonds is 6. The Kier molecular flexibility index (Phi) is 4.01. The second kappa shape index (κ2) is 5.90. The lowest BCUT2D eigenvalue weighted by Gasteiger charge is -2.15. The van der Waals surface area contributed by atoms with Crippen LogP contribution in [0.15, 0.2) is 40.3 Å². The van der Waals surface area contributed by atoms with Gasteiger partial charge in [-0.3, -0.25) is 0 Å². The van der Waals surface area contributed by atoms with E-state index < -0.39 is 0 Å². The van der Waals surface area contributed by atoms with Gasteiger partial charge < -0.3 is 9.73 Å². The zero-order chi connectivity index (χ0) is 13.1. The molecule has 0 saturated heterocycles. The molecule has 19 heavy (non-hydrogen) atoms. The van der Waals surface area contributed by atoms with Crippen molar-refractivity contribution in [3.8, 4) is 0 Å². The van der Waals surface area contributed by atoms with Crippen LogP contribution in [0.1, 0.15) is 30.0 Å². The monoisotopic (exact) mass is 291 g/mol. The van der Waals surface area contributed by atoms with E-state index in [-0.39, 0.29) is 0 Å². The largest absolute Gasteiger partial charge is 0.469 e. The number of nitrogens with one attached hydrogen (secondary N) is 1. The van der Waals surface area contributed by atoms with Crippen LogP contribution in [0.25, 0.3) is 9.40 Å². The van der Waals surface area contributed by atoms with Crippen LogP contribution in [0, 0.1) is 0 Å². The van der Waals surface area contributed by atoms with Gasteiger partial charge in [0.05, 0.1) is 6.26 Å². The standard InChI is InChI=1S/C15H17NOS2/c1-2-6-16-12(9-11-4-3-7-17-11)14-10-15-13(19-14)5-8-18-15/h3-5,7-8,10,12,16H,2,6,9H2,1H3. The number of furan rings is 1. The molecule has 1 N–H and O–H groups in total. The van der Waals surface area contributed by atoms with Crippen molar-refractivity contribution in [3.63, 3.8) is 0 Å². The molecule has 0 aromatic carbocycles. The molecule has 4 heteroatoms. The highest BCUT2D eigenvalue weighted by Gasteiger charge is 2.16. The van der Waals surface area contributed by atoms with Crippen molar-refractivity contribution in [2.45, 2.75) is 25.8 Å². The average Bonchev–Trinajstić information content (AvgIpc) is 3.09. The molecule has 0 aliphatic heterocycles. The Balaban J connectivity index is 1.83. The van der Waals surface area contributed by atoms with Crippen LogP contribution in [0.2, 0.25) is 0 Å². The zero-order valence-electron chi connectivity index (χ0n) is 10.9. The van der Waals surface area contributed by atoms with Crippen molar-refractivity contribution in [1.29, 1.82) is 0 Å². The lowest BCUT2D eigenvalue weighted by Crippen LogP contribution is -2.23. The second-order valence-corrected chi connectivity index (χ2v) is 6.65. The third-order valence-corrected chi connectivity index (χ3v) is 5.34. The minimum Gasteiger partial charge on any atom is -0.469 e. The van der Waals surface area contributed by atoms with E-state index in [2.05, 4.69) is 35.8 Å². The van der Waals surface area contributed by atoms with Crippen molar-refractivity contribution >= 4 is 32.1 Å². The molecule has 3 rings (SSSR count). The number of hydrogen-bond acceptors (Lipinski definition) is 4. The molecule has 3 heterocycles. The molecule has 2 nitrogen and oxygen atoms in total. The fraction of sp³-hybridized carbons (Fsp3) is 0.333. The summed E-state index contributed by atoms with van der Waals surface area (Å²) in [6.07, 6.45) is 3.81. The lowest BCUT2D eigenvalue weighted by atomic mass is 10.1. The molecule has 1 atom stereocenters. The van der Waals surface area contributed by atoms with Gasteiger partial charge in [0, 0.05) is 26.7 Å². The van der Waals surface area contributed by atoms with Crippen LogP contribution in [0.5, 0.6) is 0 Å². The van der Waals surface area contributed by atoms with Crippen LogP contribution in [-0.4, -0.2) is 6.54 Å². The Morgan fingerprint density at radius 3 is 3.00 bits per heavy atom. The molecule has 0 aliphatic rings. The van der Waals surface area contributed by atoms with Crippen LogP contribution in [0.4, 0.5) is 0 Å². The van der Waals surface area contributed by atoms with Crippen molar-refractivity contribution in [2.24, 2.45) is 0 Å². The highest BCUT2D eigenvalue weighted by Crippen LogP contribution is 2.34. The third-order valence-electron chi connectivity index (χ3n) is 3.13. The van der Waals surface area contributed by atoms with Crippen LogP contribution in [-0.2, 0) is 6.42 Å². The summed E-state index contributed by atoms with van der Waals surface area (Å²) in [6, 6.07) is 8.89. The van der Waals surface area contributed by atoms with Gasteiger partial charge in [0.15, 0.2) is 0 Å². The summed E-state index contributed by atoms with van der Waals surface area (Å²) in [7, 11) is 0. The summed E-state index contributed by atoms with van der Waals surface area (Å²) in [4.78, 5) is 1.41. The Hall–Kier alpha value is -1.10. The number of hydrogen-bond donors (Lipinski definition) is 1. The normalized spacial score (nSPS) is 13.1. The van der Waals surface area contributed by atoms with Crippen LogP contribution < -0.4 is 5.32 Å². The highest BCUT2D eigenvalue weighted by atomic mass is 32.1. The van der Waals surface area contributed by atoms with Gasteiger partial charge in [-0.1, -0.05) is 6.92 Å². The number of thiophene rings is 2. The molecule has 0 radical (unpaired) electrons. The minimum atomic E-state index is 0.357. The van der Waals surface area contributed by atoms with Crippen molar-refractivity contribution in [1.82, 2.24) is 5.32 Å². The molecule has 3 aromatic heterocycles. The van der Waals surface area contributed by atoms with Gasteiger partial charge >= 0.3 is 0 Å². The first kappa shape index (κ1) is 12.9. The van der Waals surface area contributed by atoms with E-state index in [0.717, 1.165) is 25.1 Å². The summed E-state index contributed by atoms with van der Waals surface area (Å²) in [5, 5.41) is 5.79. The van der Waals surface area contributed by atoms with E-state index in [0.29, 0.717) is 6.04 Å². The highest BCUT2D eigenvalue weighted by molar-refractivity contribution is 7.26. The molecule has 3 aromatic rings. The first-order valence-corrected chi connectivity index (χ1v) is 8.29. The smallest absolute Gasteiger partial charge is 0.105 e. The fourth-order valence-corrected chi connectivity index (χ4v) is 4.37. The predicted octanol–water partition coefficient (Wildman–Crippen LogP) is 4.84. The van der Waals surface area contributed by atoms with Crippen LogP contribution >= 0.6 is 22.7 Å². The summed E-state index contributed by atoms with van der Waals surface area (Å²) < 4.78 is 8.27. The maximum atomic E-state index is 5.49. The van der Waals surface area contributed by atoms with Gasteiger partial charge in [-0.15, -0.1) is 22.7 Å². The van der Waals surface area contributed by atoms with E-state index in [4.69, 9.17) is 4.42 Å². The lowest BCUT2D eigenvalue weighted by molar-refractivity contribution is 0.452. The Bertz CT molecular complexity index is 595. The molecular formula is C15H17NOS2. The average molecular weight is 291 g/mol. The quantitative estimate of drug-likeness (QED) is 0.703. The Morgan fingerprint density at radius 1 is 1.32 bits per heavy atom. The minimum absolute atomic E-state index is 0.357. The van der Waals surface area contributed by atoms with Gasteiger partial charge in [-0.2, -0.15) is 0 Å². The Morgan fingerprint density at radius 2 is 2.26 bits per heavy atom. The molecule has 100 valence electrons. The van der Waals surface area contributed by atoms with Crippen molar-refractivity contribution < 1.29 is 4.42 Å². The molecule has 0 spiro atoms. The SMILES string of the molecule is CCCNC(Cc1ccco1)c1cc2sccc2s1. The summed E-state index contributed by atoms with van der Waals surface area (Å²) in [5.41, 5.74) is 0. The first-order valence-electron chi connectivity index (χ1n) is 6.59. The van der Waals surface area contributed by atoms with Gasteiger partial charge in [-0.25, -0.2) is 0 Å². The van der Waals surface area contributed by atoms with Gasteiger partial charge in [0.25, 0.3) is 0 Å². The molecule has 0 amide bonds. The predicted molar refractivity (Wildman–Crippen MR) is 83.1 cm³/mol. The van der Waals surface area contributed by atoms with Gasteiger partial charge in [0.1, 0.15) is 5.76 Å². The van der Waals surface area contributed by atoms with Crippen molar-refractivity contribution in [2.75, 3.05) is 6.54 Å². The topological polar surface area (TPSA) is 25.2 Å². The summed E-state index contributed by atoms with van der Waals surface area (Å²) in [5.74, 6) is 1.05. The van der Waals surface area contributed by atoms with E-state index in [9.17, 15) is 0 Å². The van der Waals surface area contributed by atoms with Gasteiger partial charge in [-0.05, 0) is 42.6 Å². The zero-order valence-corrected chi connectivity index (χ0v) is 12.5. The molecule has 0 saturated carbocycles. The number of fused-ring (bicyclic) bond motifs is 1. The van der Waals surface area contributed by atoms with Crippen molar-refractivity contribution in [3.05, 3.63) is 46.5 Å². The third kappa shape index (κ3) is 2.91. The molecule has 0 aliphatic carbocycles.